The summed E-state index contributed by atoms with van der Waals surface area (Å²) in [5.41, 5.74) is 9.89. The van der Waals surface area contributed by atoms with Crippen molar-refractivity contribution in [2.75, 3.05) is 70.0 Å². The third-order valence-corrected chi connectivity index (χ3v) is 14.0. The van der Waals surface area contributed by atoms with Crippen molar-refractivity contribution in [2.24, 2.45) is 5.73 Å². The molecule has 8 rings (SSSR count). The predicted octanol–water partition coefficient (Wildman–Crippen LogP) is 11.8. The number of ether oxygens (including phenoxy) is 4. The molecule has 2 amide bonds. The molecule has 88 heavy (non-hydrogen) atoms. The molecule has 28 heteroatoms. The fraction of sp³-hybridized carbons (Fsp3) is 0.300. The Morgan fingerprint density at radius 2 is 0.955 bits per heavy atom. The molecule has 0 spiro atoms. The zero-order chi connectivity index (χ0) is 60.3. The Hall–Kier alpha value is -7.84. The number of carboxylic acid groups (broad SMARTS) is 1. The van der Waals surface area contributed by atoms with Gasteiger partial charge in [0.1, 0.15) is 42.6 Å². The van der Waals surface area contributed by atoms with Crippen LogP contribution in [0.3, 0.4) is 0 Å². The molecule has 22 nitrogen and oxygen atoms in total. The van der Waals surface area contributed by atoms with Crippen molar-refractivity contribution in [2.45, 2.75) is 60.0 Å². The number of carbonyl (C=O) groups excluding carboxylic acids is 5. The average Bonchev–Trinajstić information content (AvgIpc) is 1.07. The van der Waals surface area contributed by atoms with Gasteiger partial charge in [-0.25, -0.2) is 9.59 Å². The highest BCUT2D eigenvalue weighted by Crippen LogP contribution is 2.37. The number of benzene rings is 6. The van der Waals surface area contributed by atoms with E-state index in [1.165, 1.54) is 38.5 Å². The maximum Gasteiger partial charge on any atom is 0.329 e. The maximum absolute atomic E-state index is 13.1. The summed E-state index contributed by atoms with van der Waals surface area (Å²) in [6.45, 7) is 2.35. The second kappa shape index (κ2) is 37.8. The normalized spacial score (nSPS) is 12.0. The number of carbonyl (C=O) groups is 6. The minimum Gasteiger partial charge on any atom is -0.490 e. The molecular formula is C60H71Cl4N7O15S2. The number of halogens is 4. The predicted molar refractivity (Wildman–Crippen MR) is 353 cm³/mol. The summed E-state index contributed by atoms with van der Waals surface area (Å²) in [6.07, 6.45) is 0.102. The number of hydrogen-bond acceptors (Lipinski definition) is 17. The zero-order valence-electron chi connectivity index (χ0n) is 45.5. The van der Waals surface area contributed by atoms with Gasteiger partial charge in [0.15, 0.2) is 0 Å². The first-order valence-electron chi connectivity index (χ1n) is 25.4. The van der Waals surface area contributed by atoms with Gasteiger partial charge in [-0.2, -0.15) is 27.0 Å². The average molecular weight is 1340 g/mol. The topological polar surface area (TPSA) is 302 Å². The van der Waals surface area contributed by atoms with Gasteiger partial charge < -0.3 is 50.2 Å². The number of nitro groups is 2. The lowest BCUT2D eigenvalue weighted by atomic mass is 10.0. The van der Waals surface area contributed by atoms with Gasteiger partial charge in [0.2, 0.25) is 0 Å². The minimum absolute atomic E-state index is 0. The van der Waals surface area contributed by atoms with E-state index in [2.05, 4.69) is 15.4 Å². The summed E-state index contributed by atoms with van der Waals surface area (Å²) in [4.78, 5) is 97.3. The number of nitro benzene ring substituents is 2. The molecule has 0 fully saturated rings. The van der Waals surface area contributed by atoms with Crippen LogP contribution >= 0.6 is 73.4 Å². The monoisotopic (exact) mass is 1330 g/mol. The Kier molecular flexibility index (Phi) is 33.5. The van der Waals surface area contributed by atoms with Gasteiger partial charge in [0.25, 0.3) is 23.2 Å². The number of rotatable bonds is 20. The molecule has 0 aliphatic carbocycles. The number of non-ortho nitro benzene ring substituents is 2. The third kappa shape index (κ3) is 21.5. The van der Waals surface area contributed by atoms with E-state index >= 15 is 0 Å². The summed E-state index contributed by atoms with van der Waals surface area (Å²) in [5, 5.41) is 36.2. The molecule has 0 aromatic heterocycles. The molecule has 2 aliphatic rings. The molecule has 0 saturated carbocycles. The van der Waals surface area contributed by atoms with Gasteiger partial charge in [-0.3, -0.25) is 39.4 Å². The number of Topliss-reactive ketones (excluding diaryl/α,β-unsaturated/α-hetero) is 1. The molecule has 2 heterocycles. The largest absolute Gasteiger partial charge is 0.490 e. The molecule has 0 saturated heterocycles. The van der Waals surface area contributed by atoms with Crippen molar-refractivity contribution in [1.82, 2.24) is 10.6 Å². The van der Waals surface area contributed by atoms with Crippen LogP contribution in [0.25, 0.3) is 22.3 Å². The molecule has 0 radical (unpaired) electrons. The number of hydrogen-bond donors (Lipinski definition) is 4. The summed E-state index contributed by atoms with van der Waals surface area (Å²) < 4.78 is 20.4. The third-order valence-electron chi connectivity index (χ3n) is 12.8. The van der Waals surface area contributed by atoms with Crippen LogP contribution in [0.15, 0.2) is 121 Å². The van der Waals surface area contributed by atoms with Crippen LogP contribution in [-0.4, -0.2) is 123 Å². The van der Waals surface area contributed by atoms with E-state index < -0.39 is 51.7 Å². The lowest BCUT2D eigenvalue weighted by Crippen LogP contribution is -2.46. The number of aliphatic carboxylic acids is 1. The van der Waals surface area contributed by atoms with Gasteiger partial charge in [0, 0.05) is 56.7 Å². The molecule has 6 aromatic carbocycles. The number of ketones is 1. The van der Waals surface area contributed by atoms with Crippen LogP contribution < -0.4 is 35.6 Å². The highest BCUT2D eigenvalue weighted by molar-refractivity contribution is 7.59. The summed E-state index contributed by atoms with van der Waals surface area (Å²) in [6, 6.07) is 32.0. The van der Waals surface area contributed by atoms with Crippen LogP contribution in [0, 0.1) is 20.2 Å². The van der Waals surface area contributed by atoms with E-state index in [0.717, 1.165) is 22.3 Å². The van der Waals surface area contributed by atoms with Crippen molar-refractivity contribution in [3.05, 3.63) is 173 Å². The molecular weight excluding hydrogens is 1260 g/mol. The Labute approximate surface area is 544 Å². The van der Waals surface area contributed by atoms with Crippen LogP contribution in [-0.2, 0) is 28.7 Å². The number of fused-ring (bicyclic) bond motifs is 2. The molecule has 0 bridgehead atoms. The van der Waals surface area contributed by atoms with Crippen LogP contribution in [0.4, 0.5) is 22.7 Å². The first-order valence-corrected chi connectivity index (χ1v) is 26.9. The van der Waals surface area contributed by atoms with E-state index in [1.807, 2.05) is 65.6 Å². The van der Waals surface area contributed by atoms with Gasteiger partial charge in [0.05, 0.1) is 86.2 Å². The number of nitrogens with one attached hydrogen (secondary N) is 2. The van der Waals surface area contributed by atoms with E-state index in [1.54, 1.807) is 41.3 Å². The summed E-state index contributed by atoms with van der Waals surface area (Å²) >= 11 is 25.3. The Morgan fingerprint density at radius 1 is 0.580 bits per heavy atom. The molecule has 0 unspecified atom stereocenters. The highest BCUT2D eigenvalue weighted by Gasteiger charge is 2.29. The molecule has 6 aromatic rings. The molecule has 476 valence electrons. The van der Waals surface area contributed by atoms with E-state index in [-0.39, 0.29) is 130 Å². The van der Waals surface area contributed by atoms with E-state index in [9.17, 15) is 49.0 Å². The Morgan fingerprint density at radius 3 is 1.32 bits per heavy atom. The van der Waals surface area contributed by atoms with E-state index in [0.29, 0.717) is 62.3 Å². The number of methoxy groups -OCH3 is 2. The number of carboxylic acids is 1. The fourth-order valence-electron chi connectivity index (χ4n) is 8.52. The summed E-state index contributed by atoms with van der Waals surface area (Å²) in [7, 11) is 2.40. The SMILES string of the molecule is C.C.C.COC(=O)[C@H](CCC(=O)CCN1CCOc2ccc([N+](=O)[O-])cc21)NC(=O)c1c(Cl)cc(-c2ccccc2)cc1Cl.COC(=O)[C@H](CN)NC(=O)c1c(Cl)cc(-c2ccccc2)cc1Cl.O=C(O)CCN1CCOc2ccc([N+](=O)[O-])cc21.S.S. The molecule has 2 aliphatic heterocycles. The minimum atomic E-state index is -1.11. The van der Waals surface area contributed by atoms with Crippen molar-refractivity contribution in [3.8, 4) is 33.8 Å². The zero-order valence-corrected chi connectivity index (χ0v) is 50.5. The van der Waals surface area contributed by atoms with Gasteiger partial charge >= 0.3 is 17.9 Å². The van der Waals surface area contributed by atoms with Gasteiger partial charge in [-0.1, -0.05) is 129 Å². The first kappa shape index (κ1) is 78.2. The van der Waals surface area contributed by atoms with Crippen molar-refractivity contribution < 1.29 is 62.7 Å². The van der Waals surface area contributed by atoms with Gasteiger partial charge in [-0.05, 0) is 65.1 Å². The van der Waals surface area contributed by atoms with E-state index in [4.69, 9.17) is 71.5 Å². The second-order valence-corrected chi connectivity index (χ2v) is 19.8. The number of anilines is 2. The fourth-order valence-corrected chi connectivity index (χ4v) is 9.84. The highest BCUT2D eigenvalue weighted by atomic mass is 35.5. The molecule has 5 N–H and O–H groups in total. The quantitative estimate of drug-likeness (QED) is 0.0314. The Bertz CT molecular complexity index is 3330. The number of amides is 2. The summed E-state index contributed by atoms with van der Waals surface area (Å²) in [5.74, 6) is -2.61. The first-order chi connectivity index (χ1) is 39.7. The number of nitrogens with zero attached hydrogens (tertiary/aromatic N) is 4. The van der Waals surface area contributed by atoms with Crippen molar-refractivity contribution in [1.29, 1.82) is 0 Å². The smallest absolute Gasteiger partial charge is 0.329 e. The standard InChI is InChI=1S/C29H27Cl2N3O7.C17H16Cl2N2O3.C11H12N2O5.3CH4.2H2S/c1-40-29(37)24(32-28(36)27-22(30)15-19(16-23(27)31)18-5-3-2-4-6-18)9-8-21(35)11-12-33-13-14-41-26-10-7-20(34(38)39)17-25(26)33;1-24-17(23)14(9-20)21-16(22)15-12(18)7-11(8-13(15)19)10-5-3-2-4-6-10;14-11(15)3-4-12-5-6-18-10-2-1-8(13(16)17)7-9(10)12;;;;;/h2-7,10,15-17,24H,8-9,11-14H2,1H3,(H,32,36);2-8,14H,9,20H2,1H3,(H,21,22);1-2,7H,3-6H2,(H,14,15);3*1H4;2*1H2/t24-;14-;;;;;;/m00....../s1. The maximum atomic E-state index is 13.1. The van der Waals surface area contributed by atoms with Crippen LogP contribution in [0.1, 0.15) is 68.7 Å². The Balaban J connectivity index is 0.000000703. The number of esters is 2. The lowest BCUT2D eigenvalue weighted by Gasteiger charge is -2.30. The van der Waals surface area contributed by atoms with Crippen LogP contribution in [0.5, 0.6) is 11.5 Å². The van der Waals surface area contributed by atoms with Crippen molar-refractivity contribution >= 4 is 132 Å². The molecule has 2 atom stereocenters. The lowest BCUT2D eigenvalue weighted by molar-refractivity contribution is -0.385. The van der Waals surface area contributed by atoms with Gasteiger partial charge in [-0.15, -0.1) is 0 Å². The van der Waals surface area contributed by atoms with Crippen LogP contribution in [0.2, 0.25) is 20.1 Å². The van der Waals surface area contributed by atoms with Crippen molar-refractivity contribution in [3.63, 3.8) is 0 Å². The number of nitrogens with two attached hydrogens (primary N) is 1. The second-order valence-electron chi connectivity index (χ2n) is 18.2.